The molecule has 1 aliphatic carbocycles. The highest BCUT2D eigenvalue weighted by atomic mass is 16.5. The van der Waals surface area contributed by atoms with Gasteiger partial charge in [0.05, 0.1) is 24.9 Å². The number of nitrogens with zero attached hydrogens (tertiary/aromatic N) is 3. The van der Waals surface area contributed by atoms with Crippen molar-refractivity contribution in [1.29, 1.82) is 0 Å². The maximum absolute atomic E-state index is 5.60. The molecule has 1 aliphatic heterocycles. The van der Waals surface area contributed by atoms with E-state index in [-0.39, 0.29) is 6.04 Å². The molecule has 0 unspecified atom stereocenters. The van der Waals surface area contributed by atoms with Crippen molar-refractivity contribution < 1.29 is 4.74 Å². The zero-order chi connectivity index (χ0) is 20.5. The largest absolute Gasteiger partial charge is 0.379 e. The molecular weight excluding hydrogens is 370 g/mol. The first-order valence-corrected chi connectivity index (χ1v) is 10.6. The smallest absolute Gasteiger partial charge is 0.0633 e. The summed E-state index contributed by atoms with van der Waals surface area (Å²) in [7, 11) is 4.10. The van der Waals surface area contributed by atoms with E-state index in [4.69, 9.17) is 9.73 Å². The van der Waals surface area contributed by atoms with Crippen molar-refractivity contribution in [1.82, 2.24) is 4.90 Å². The van der Waals surface area contributed by atoms with E-state index in [0.717, 1.165) is 37.6 Å². The summed E-state index contributed by atoms with van der Waals surface area (Å²) in [5.41, 5.74) is 8.72. The van der Waals surface area contributed by atoms with E-state index in [1.165, 1.54) is 27.9 Å². The Hall–Kier alpha value is -2.95. The van der Waals surface area contributed by atoms with Crippen LogP contribution in [0.4, 0.5) is 11.4 Å². The molecule has 1 fully saturated rings. The van der Waals surface area contributed by atoms with Gasteiger partial charge in [-0.1, -0.05) is 42.5 Å². The fourth-order valence-electron chi connectivity index (χ4n) is 4.49. The van der Waals surface area contributed by atoms with Crippen LogP contribution in [-0.4, -0.2) is 51.5 Å². The lowest BCUT2D eigenvalue weighted by molar-refractivity contribution is 0.0247. The van der Waals surface area contributed by atoms with Crippen LogP contribution in [0.25, 0.3) is 11.1 Å². The van der Waals surface area contributed by atoms with Crippen LogP contribution >= 0.6 is 0 Å². The van der Waals surface area contributed by atoms with E-state index in [1.807, 2.05) is 6.21 Å². The van der Waals surface area contributed by atoms with E-state index >= 15 is 0 Å². The van der Waals surface area contributed by atoms with E-state index in [1.54, 1.807) is 0 Å². The van der Waals surface area contributed by atoms with Crippen molar-refractivity contribution in [2.45, 2.75) is 6.04 Å². The van der Waals surface area contributed by atoms with Gasteiger partial charge in [0.2, 0.25) is 0 Å². The highest BCUT2D eigenvalue weighted by Crippen LogP contribution is 2.47. The van der Waals surface area contributed by atoms with Gasteiger partial charge >= 0.3 is 0 Å². The zero-order valence-electron chi connectivity index (χ0n) is 17.6. The van der Waals surface area contributed by atoms with Gasteiger partial charge < -0.3 is 9.64 Å². The molecule has 0 N–H and O–H groups in total. The molecule has 4 nitrogen and oxygen atoms in total. The lowest BCUT2D eigenvalue weighted by atomic mass is 10.0. The van der Waals surface area contributed by atoms with Crippen molar-refractivity contribution in [3.8, 4) is 11.1 Å². The number of anilines is 1. The Bertz CT molecular complexity index is 1070. The third-order valence-corrected chi connectivity index (χ3v) is 6.06. The third kappa shape index (κ3) is 3.53. The summed E-state index contributed by atoms with van der Waals surface area (Å²) >= 11 is 0. The van der Waals surface area contributed by atoms with Crippen LogP contribution in [0.2, 0.25) is 0 Å². The van der Waals surface area contributed by atoms with Crippen molar-refractivity contribution in [2.75, 3.05) is 45.3 Å². The second-order valence-electron chi connectivity index (χ2n) is 8.15. The van der Waals surface area contributed by atoms with Crippen LogP contribution in [0.5, 0.6) is 0 Å². The molecule has 1 heterocycles. The summed E-state index contributed by atoms with van der Waals surface area (Å²) in [5, 5.41) is 0. The lowest BCUT2D eigenvalue weighted by Gasteiger charge is -2.33. The van der Waals surface area contributed by atoms with Crippen molar-refractivity contribution in [2.24, 2.45) is 4.99 Å². The molecule has 1 atom stereocenters. The second kappa shape index (κ2) is 8.05. The molecule has 3 aromatic rings. The van der Waals surface area contributed by atoms with Gasteiger partial charge in [-0.25, -0.2) is 0 Å². The van der Waals surface area contributed by atoms with Crippen molar-refractivity contribution >= 4 is 17.6 Å². The van der Waals surface area contributed by atoms with E-state index < -0.39 is 0 Å². The van der Waals surface area contributed by atoms with Gasteiger partial charge in [-0.2, -0.15) is 0 Å². The molecule has 0 bridgehead atoms. The van der Waals surface area contributed by atoms with E-state index in [9.17, 15) is 0 Å². The summed E-state index contributed by atoms with van der Waals surface area (Å²) in [6.45, 7) is 3.53. The SMILES string of the molecule is CN(C)c1ccc(C=Nc2ccc3c(c2)[C@@H](N2CCOCC2)c2ccccc2-3)cc1. The van der Waals surface area contributed by atoms with Gasteiger partial charge in [0.1, 0.15) is 0 Å². The molecule has 1 saturated heterocycles. The number of fused-ring (bicyclic) bond motifs is 3. The molecule has 0 spiro atoms. The van der Waals surface area contributed by atoms with Gasteiger partial charge in [-0.15, -0.1) is 0 Å². The standard InChI is InChI=1S/C26H27N3O/c1-28(2)21-10-7-19(8-11-21)18-27-20-9-12-23-22-5-3-4-6-24(22)26(25(23)17-20)29-13-15-30-16-14-29/h3-12,17-18,26H,13-16H2,1-2H3/t26-/m0/s1. The number of benzene rings is 3. The fourth-order valence-corrected chi connectivity index (χ4v) is 4.49. The molecule has 30 heavy (non-hydrogen) atoms. The Morgan fingerprint density at radius 3 is 2.40 bits per heavy atom. The van der Waals surface area contributed by atoms with Crippen LogP contribution in [-0.2, 0) is 4.74 Å². The first kappa shape index (κ1) is 19.0. The Labute approximate surface area is 178 Å². The van der Waals surface area contributed by atoms with Gasteiger partial charge in [0.25, 0.3) is 0 Å². The predicted octanol–water partition coefficient (Wildman–Crippen LogP) is 4.91. The minimum atomic E-state index is 0.287. The fraction of sp³-hybridized carbons (Fsp3) is 0.269. The molecule has 5 rings (SSSR count). The summed E-state index contributed by atoms with van der Waals surface area (Å²) in [6, 6.07) is 24.2. The molecule has 0 saturated carbocycles. The van der Waals surface area contributed by atoms with Crippen LogP contribution < -0.4 is 4.90 Å². The van der Waals surface area contributed by atoms with Gasteiger partial charge in [0.15, 0.2) is 0 Å². The minimum Gasteiger partial charge on any atom is -0.379 e. The Balaban J connectivity index is 1.47. The third-order valence-electron chi connectivity index (χ3n) is 6.06. The first-order valence-electron chi connectivity index (χ1n) is 10.6. The van der Waals surface area contributed by atoms with E-state index in [0.29, 0.717) is 0 Å². The maximum Gasteiger partial charge on any atom is 0.0633 e. The highest BCUT2D eigenvalue weighted by molar-refractivity contribution is 5.84. The average molecular weight is 398 g/mol. The molecule has 0 radical (unpaired) electrons. The summed E-state index contributed by atoms with van der Waals surface area (Å²) in [4.78, 5) is 9.43. The minimum absolute atomic E-state index is 0.287. The molecule has 0 amide bonds. The van der Waals surface area contributed by atoms with Gasteiger partial charge in [-0.05, 0) is 52.1 Å². The number of aliphatic imine (C=N–C) groups is 1. The number of morpholine rings is 1. The summed E-state index contributed by atoms with van der Waals surface area (Å²) < 4.78 is 5.60. The molecule has 3 aromatic carbocycles. The quantitative estimate of drug-likeness (QED) is 0.586. The topological polar surface area (TPSA) is 28.1 Å². The number of ether oxygens (including phenoxy) is 1. The number of hydrogen-bond donors (Lipinski definition) is 0. The maximum atomic E-state index is 5.60. The number of rotatable bonds is 4. The molecule has 4 heteroatoms. The van der Waals surface area contributed by atoms with Crippen LogP contribution in [0.15, 0.2) is 71.7 Å². The molecular formula is C26H27N3O. The Morgan fingerprint density at radius 2 is 1.63 bits per heavy atom. The summed E-state index contributed by atoms with van der Waals surface area (Å²) in [6.07, 6.45) is 1.95. The molecule has 0 aromatic heterocycles. The van der Waals surface area contributed by atoms with Crippen LogP contribution in [0.3, 0.4) is 0 Å². The predicted molar refractivity (Wildman–Crippen MR) is 124 cm³/mol. The Morgan fingerprint density at radius 1 is 0.900 bits per heavy atom. The van der Waals surface area contributed by atoms with Crippen LogP contribution in [0, 0.1) is 0 Å². The summed E-state index contributed by atoms with van der Waals surface area (Å²) in [5.74, 6) is 0. The first-order chi connectivity index (χ1) is 14.7. The zero-order valence-corrected chi connectivity index (χ0v) is 17.6. The number of hydrogen-bond acceptors (Lipinski definition) is 4. The molecule has 2 aliphatic rings. The monoisotopic (exact) mass is 397 g/mol. The molecule has 152 valence electrons. The van der Waals surface area contributed by atoms with Gasteiger partial charge in [0, 0.05) is 39.1 Å². The van der Waals surface area contributed by atoms with Crippen molar-refractivity contribution in [3.05, 3.63) is 83.4 Å². The van der Waals surface area contributed by atoms with Crippen LogP contribution in [0.1, 0.15) is 22.7 Å². The normalized spacial score (nSPS) is 18.4. The second-order valence-corrected chi connectivity index (χ2v) is 8.15. The van der Waals surface area contributed by atoms with Crippen molar-refractivity contribution in [3.63, 3.8) is 0 Å². The average Bonchev–Trinajstić information content (AvgIpc) is 3.12. The highest BCUT2D eigenvalue weighted by Gasteiger charge is 2.33. The lowest BCUT2D eigenvalue weighted by Crippen LogP contribution is -2.38. The Kier molecular flexibility index (Phi) is 5.11. The van der Waals surface area contributed by atoms with E-state index in [2.05, 4.69) is 90.6 Å². The van der Waals surface area contributed by atoms with Gasteiger partial charge in [-0.3, -0.25) is 9.89 Å².